The molecule has 19 heavy (non-hydrogen) atoms. The molecule has 1 aliphatic rings. The van der Waals surface area contributed by atoms with E-state index in [4.69, 9.17) is 0 Å². The second-order valence-electron chi connectivity index (χ2n) is 4.81. The first kappa shape index (κ1) is 14.0. The van der Waals surface area contributed by atoms with Gasteiger partial charge in [-0.3, -0.25) is 0 Å². The summed E-state index contributed by atoms with van der Waals surface area (Å²) in [5.41, 5.74) is 0. The van der Waals surface area contributed by atoms with E-state index in [0.29, 0.717) is 12.2 Å². The molecule has 0 spiro atoms. The molecule has 1 aliphatic heterocycles. The van der Waals surface area contributed by atoms with Gasteiger partial charge in [0.05, 0.1) is 11.5 Å². The van der Waals surface area contributed by atoms with E-state index in [0.717, 1.165) is 25.2 Å². The number of anilines is 2. The Morgan fingerprint density at radius 1 is 1.37 bits per heavy atom. The van der Waals surface area contributed by atoms with Gasteiger partial charge in [0.25, 0.3) is 0 Å². The van der Waals surface area contributed by atoms with Crippen molar-refractivity contribution in [3.63, 3.8) is 0 Å². The first-order valence-electron chi connectivity index (χ1n) is 6.62. The Bertz CT molecular complexity index is 518. The molecule has 0 aromatic carbocycles. The van der Waals surface area contributed by atoms with Crippen molar-refractivity contribution >= 4 is 21.5 Å². The van der Waals surface area contributed by atoms with Crippen LogP contribution in [0.15, 0.2) is 12.4 Å². The van der Waals surface area contributed by atoms with Gasteiger partial charge in [-0.25, -0.2) is 18.4 Å². The van der Waals surface area contributed by atoms with Gasteiger partial charge in [-0.1, -0.05) is 13.3 Å². The smallest absolute Gasteiger partial charge is 0.152 e. The van der Waals surface area contributed by atoms with Crippen LogP contribution in [0.1, 0.15) is 26.2 Å². The third kappa shape index (κ3) is 4.34. The number of rotatable bonds is 6. The van der Waals surface area contributed by atoms with Gasteiger partial charge >= 0.3 is 0 Å². The van der Waals surface area contributed by atoms with Crippen LogP contribution in [0.2, 0.25) is 0 Å². The van der Waals surface area contributed by atoms with Crippen LogP contribution in [0, 0.1) is 0 Å². The minimum absolute atomic E-state index is 0.0385. The van der Waals surface area contributed by atoms with Gasteiger partial charge in [0.15, 0.2) is 9.84 Å². The van der Waals surface area contributed by atoms with Gasteiger partial charge in [0.2, 0.25) is 0 Å². The lowest BCUT2D eigenvalue weighted by atomic mass is 10.2. The molecule has 1 atom stereocenters. The number of aromatic nitrogens is 2. The zero-order valence-corrected chi connectivity index (χ0v) is 11.9. The van der Waals surface area contributed by atoms with Crippen molar-refractivity contribution in [3.05, 3.63) is 12.4 Å². The van der Waals surface area contributed by atoms with E-state index in [2.05, 4.69) is 27.5 Å². The lowest BCUT2D eigenvalue weighted by Crippen LogP contribution is -2.21. The molecule has 1 unspecified atom stereocenters. The van der Waals surface area contributed by atoms with Crippen LogP contribution in [0.5, 0.6) is 0 Å². The first-order valence-corrected chi connectivity index (χ1v) is 8.44. The largest absolute Gasteiger partial charge is 0.370 e. The average Bonchev–Trinajstić information content (AvgIpc) is 2.69. The molecule has 1 aromatic rings. The Labute approximate surface area is 114 Å². The van der Waals surface area contributed by atoms with Crippen LogP contribution >= 0.6 is 0 Å². The summed E-state index contributed by atoms with van der Waals surface area (Å²) in [6, 6.07) is 1.78. The number of hydrogen-bond acceptors (Lipinski definition) is 6. The van der Waals surface area contributed by atoms with Crippen molar-refractivity contribution in [3.8, 4) is 0 Å². The summed E-state index contributed by atoms with van der Waals surface area (Å²) in [6.07, 6.45) is 4.35. The lowest BCUT2D eigenvalue weighted by molar-refractivity contribution is 0.602. The van der Waals surface area contributed by atoms with Crippen molar-refractivity contribution in [1.82, 2.24) is 9.97 Å². The van der Waals surface area contributed by atoms with E-state index in [1.54, 1.807) is 0 Å². The summed E-state index contributed by atoms with van der Waals surface area (Å²) >= 11 is 0. The SMILES string of the molecule is CCCCNc1cc(NC2CCS(=O)(=O)C2)ncn1. The van der Waals surface area contributed by atoms with Crippen LogP contribution in [-0.2, 0) is 9.84 Å². The fourth-order valence-electron chi connectivity index (χ4n) is 2.04. The second-order valence-corrected chi connectivity index (χ2v) is 7.04. The monoisotopic (exact) mass is 284 g/mol. The van der Waals surface area contributed by atoms with E-state index in [1.165, 1.54) is 6.33 Å². The molecule has 7 heteroatoms. The molecule has 2 rings (SSSR count). The molecule has 0 aliphatic carbocycles. The highest BCUT2D eigenvalue weighted by molar-refractivity contribution is 7.91. The predicted octanol–water partition coefficient (Wildman–Crippen LogP) is 1.29. The van der Waals surface area contributed by atoms with Crippen molar-refractivity contribution in [2.45, 2.75) is 32.2 Å². The van der Waals surface area contributed by atoms with Crippen LogP contribution in [0.4, 0.5) is 11.6 Å². The van der Waals surface area contributed by atoms with Gasteiger partial charge in [-0.2, -0.15) is 0 Å². The highest BCUT2D eigenvalue weighted by atomic mass is 32.2. The van der Waals surface area contributed by atoms with Gasteiger partial charge in [-0.05, 0) is 12.8 Å². The van der Waals surface area contributed by atoms with Crippen LogP contribution in [-0.4, -0.2) is 42.5 Å². The molecule has 2 heterocycles. The first-order chi connectivity index (χ1) is 9.09. The Balaban J connectivity index is 1.92. The van der Waals surface area contributed by atoms with Crippen LogP contribution < -0.4 is 10.6 Å². The fraction of sp³-hybridized carbons (Fsp3) is 0.667. The molecule has 1 fully saturated rings. The fourth-order valence-corrected chi connectivity index (χ4v) is 3.72. The Morgan fingerprint density at radius 3 is 2.84 bits per heavy atom. The Kier molecular flexibility index (Phi) is 4.57. The topological polar surface area (TPSA) is 84.0 Å². The second kappa shape index (κ2) is 6.18. The van der Waals surface area contributed by atoms with Crippen molar-refractivity contribution in [1.29, 1.82) is 0 Å². The summed E-state index contributed by atoms with van der Waals surface area (Å²) in [6.45, 7) is 3.01. The van der Waals surface area contributed by atoms with Crippen molar-refractivity contribution < 1.29 is 8.42 Å². The van der Waals surface area contributed by atoms with Gasteiger partial charge in [-0.15, -0.1) is 0 Å². The predicted molar refractivity (Wildman–Crippen MR) is 76.1 cm³/mol. The molecule has 6 nitrogen and oxygen atoms in total. The molecule has 2 N–H and O–H groups in total. The maximum atomic E-state index is 11.4. The third-order valence-electron chi connectivity index (χ3n) is 3.09. The highest BCUT2D eigenvalue weighted by Gasteiger charge is 2.27. The van der Waals surface area contributed by atoms with Crippen molar-refractivity contribution in [2.75, 3.05) is 28.7 Å². The van der Waals surface area contributed by atoms with Gasteiger partial charge in [0, 0.05) is 18.7 Å². The molecular weight excluding hydrogens is 264 g/mol. The van der Waals surface area contributed by atoms with E-state index < -0.39 is 9.84 Å². The number of hydrogen-bond donors (Lipinski definition) is 2. The molecular formula is C12H20N4O2S. The Hall–Kier alpha value is -1.37. The summed E-state index contributed by atoms with van der Waals surface area (Å²) in [5.74, 6) is 1.90. The number of unbranched alkanes of at least 4 members (excludes halogenated alkanes) is 1. The summed E-state index contributed by atoms with van der Waals surface area (Å²) in [5, 5.41) is 6.37. The zero-order chi connectivity index (χ0) is 13.7. The highest BCUT2D eigenvalue weighted by Crippen LogP contribution is 2.17. The summed E-state index contributed by atoms with van der Waals surface area (Å²) < 4.78 is 22.8. The minimum atomic E-state index is -2.86. The third-order valence-corrected chi connectivity index (χ3v) is 4.86. The van der Waals surface area contributed by atoms with Gasteiger partial charge in [0.1, 0.15) is 18.0 Å². The number of sulfone groups is 1. The van der Waals surface area contributed by atoms with E-state index >= 15 is 0 Å². The average molecular weight is 284 g/mol. The Morgan fingerprint density at radius 2 is 2.16 bits per heavy atom. The van der Waals surface area contributed by atoms with Crippen LogP contribution in [0.25, 0.3) is 0 Å². The van der Waals surface area contributed by atoms with Crippen LogP contribution in [0.3, 0.4) is 0 Å². The molecule has 0 radical (unpaired) electrons. The molecule has 106 valence electrons. The van der Waals surface area contributed by atoms with Crippen molar-refractivity contribution in [2.24, 2.45) is 0 Å². The van der Waals surface area contributed by atoms with E-state index in [9.17, 15) is 8.42 Å². The normalized spacial score (nSPS) is 21.2. The number of nitrogens with one attached hydrogen (secondary N) is 2. The molecule has 1 aromatic heterocycles. The minimum Gasteiger partial charge on any atom is -0.370 e. The molecule has 1 saturated heterocycles. The van der Waals surface area contributed by atoms with E-state index in [-0.39, 0.29) is 17.5 Å². The summed E-state index contributed by atoms with van der Waals surface area (Å²) in [7, 11) is -2.86. The zero-order valence-electron chi connectivity index (χ0n) is 11.1. The molecule has 0 amide bonds. The maximum Gasteiger partial charge on any atom is 0.152 e. The standard InChI is InChI=1S/C12H20N4O2S/c1-2-3-5-13-11-7-12(15-9-14-11)16-10-4-6-19(17,18)8-10/h7,9-10H,2-6,8H2,1H3,(H2,13,14,15,16). The molecule has 0 saturated carbocycles. The lowest BCUT2D eigenvalue weighted by Gasteiger charge is -2.12. The van der Waals surface area contributed by atoms with Gasteiger partial charge < -0.3 is 10.6 Å². The number of nitrogens with zero attached hydrogens (tertiary/aromatic N) is 2. The maximum absolute atomic E-state index is 11.4. The quantitative estimate of drug-likeness (QED) is 0.766. The van der Waals surface area contributed by atoms with E-state index in [1.807, 2.05) is 6.07 Å². The summed E-state index contributed by atoms with van der Waals surface area (Å²) in [4.78, 5) is 8.26. The molecule has 0 bridgehead atoms.